The fourth-order valence-electron chi connectivity index (χ4n) is 1.19. The van der Waals surface area contributed by atoms with Crippen molar-refractivity contribution in [2.45, 2.75) is 39.3 Å². The summed E-state index contributed by atoms with van der Waals surface area (Å²) in [5.74, 6) is 1.07. The molecule has 0 aliphatic rings. The molecule has 0 aliphatic heterocycles. The maximum absolute atomic E-state index is 9.08. The number of rotatable bonds is 4. The van der Waals surface area contributed by atoms with Crippen LogP contribution in [0, 0.1) is 0 Å². The molecule has 0 unspecified atom stereocenters. The Morgan fingerprint density at radius 2 is 2.42 bits per heavy atom. The van der Waals surface area contributed by atoms with Gasteiger partial charge in [0.1, 0.15) is 5.82 Å². The number of aliphatic hydroxyl groups excluding tert-OH is 1. The standard InChI is InChI=1S/C9H16N2O/c1-3-11-7-6-10-9(11)5-4-8(2)12/h6-8,12H,3-5H2,1-2H3/t8-/m0/s1. The molecule has 0 fully saturated rings. The third kappa shape index (κ3) is 2.34. The second-order valence-electron chi connectivity index (χ2n) is 3.02. The summed E-state index contributed by atoms with van der Waals surface area (Å²) in [5, 5.41) is 9.08. The Balaban J connectivity index is 2.50. The molecule has 1 rings (SSSR count). The molecule has 0 spiro atoms. The van der Waals surface area contributed by atoms with E-state index in [2.05, 4.69) is 16.5 Å². The van der Waals surface area contributed by atoms with Crippen molar-refractivity contribution in [3.05, 3.63) is 18.2 Å². The Hall–Kier alpha value is -0.830. The van der Waals surface area contributed by atoms with Crippen LogP contribution in [0.2, 0.25) is 0 Å². The van der Waals surface area contributed by atoms with E-state index in [0.29, 0.717) is 0 Å². The Kier molecular flexibility index (Phi) is 3.29. The van der Waals surface area contributed by atoms with Crippen LogP contribution in [0.4, 0.5) is 0 Å². The molecule has 3 heteroatoms. The molecular weight excluding hydrogens is 152 g/mol. The van der Waals surface area contributed by atoms with E-state index in [9.17, 15) is 0 Å². The Morgan fingerprint density at radius 1 is 1.67 bits per heavy atom. The van der Waals surface area contributed by atoms with E-state index in [4.69, 9.17) is 5.11 Å². The molecule has 12 heavy (non-hydrogen) atoms. The molecule has 0 aromatic carbocycles. The second-order valence-corrected chi connectivity index (χ2v) is 3.02. The van der Waals surface area contributed by atoms with Gasteiger partial charge in [0.25, 0.3) is 0 Å². The first-order valence-corrected chi connectivity index (χ1v) is 4.42. The monoisotopic (exact) mass is 168 g/mol. The van der Waals surface area contributed by atoms with Crippen molar-refractivity contribution >= 4 is 0 Å². The first-order valence-electron chi connectivity index (χ1n) is 4.42. The molecule has 0 amide bonds. The molecule has 3 nitrogen and oxygen atoms in total. The summed E-state index contributed by atoms with van der Waals surface area (Å²) < 4.78 is 2.10. The molecule has 68 valence electrons. The number of imidazole rings is 1. The van der Waals surface area contributed by atoms with Crippen molar-refractivity contribution < 1.29 is 5.11 Å². The predicted molar refractivity (Wildman–Crippen MR) is 47.9 cm³/mol. The summed E-state index contributed by atoms with van der Waals surface area (Å²) in [4.78, 5) is 4.21. The zero-order chi connectivity index (χ0) is 8.97. The molecular formula is C9H16N2O. The molecule has 0 radical (unpaired) electrons. The minimum absolute atomic E-state index is 0.230. The van der Waals surface area contributed by atoms with Gasteiger partial charge in [0, 0.05) is 25.4 Å². The predicted octanol–water partition coefficient (Wildman–Crippen LogP) is 1.22. The number of aryl methyl sites for hydroxylation is 2. The van der Waals surface area contributed by atoms with Crippen molar-refractivity contribution in [3.63, 3.8) is 0 Å². The third-order valence-electron chi connectivity index (χ3n) is 1.93. The van der Waals surface area contributed by atoms with Gasteiger partial charge in [-0.25, -0.2) is 4.98 Å². The lowest BCUT2D eigenvalue weighted by Crippen LogP contribution is -2.06. The Labute approximate surface area is 73.1 Å². The summed E-state index contributed by atoms with van der Waals surface area (Å²) in [7, 11) is 0. The van der Waals surface area contributed by atoms with Crippen LogP contribution in [-0.4, -0.2) is 20.8 Å². The molecule has 1 N–H and O–H groups in total. The summed E-state index contributed by atoms with van der Waals surface area (Å²) in [6.07, 6.45) is 5.19. The maximum Gasteiger partial charge on any atom is 0.108 e. The lowest BCUT2D eigenvalue weighted by Gasteiger charge is -2.05. The van der Waals surface area contributed by atoms with Crippen molar-refractivity contribution in [1.82, 2.24) is 9.55 Å². The van der Waals surface area contributed by atoms with Crippen molar-refractivity contribution in [3.8, 4) is 0 Å². The zero-order valence-electron chi connectivity index (χ0n) is 7.70. The second kappa shape index (κ2) is 4.26. The quantitative estimate of drug-likeness (QED) is 0.734. The molecule has 0 aliphatic carbocycles. The largest absolute Gasteiger partial charge is 0.393 e. The van der Waals surface area contributed by atoms with Crippen LogP contribution >= 0.6 is 0 Å². The minimum atomic E-state index is -0.230. The van der Waals surface area contributed by atoms with E-state index < -0.39 is 0 Å². The van der Waals surface area contributed by atoms with Gasteiger partial charge in [0.05, 0.1) is 6.10 Å². The van der Waals surface area contributed by atoms with Crippen LogP contribution in [-0.2, 0) is 13.0 Å². The van der Waals surface area contributed by atoms with Gasteiger partial charge in [-0.15, -0.1) is 0 Å². The number of hydrogen-bond acceptors (Lipinski definition) is 2. The van der Waals surface area contributed by atoms with E-state index in [-0.39, 0.29) is 6.10 Å². The molecule has 1 aromatic rings. The smallest absolute Gasteiger partial charge is 0.108 e. The summed E-state index contributed by atoms with van der Waals surface area (Å²) >= 11 is 0. The van der Waals surface area contributed by atoms with Crippen LogP contribution < -0.4 is 0 Å². The molecule has 1 atom stereocenters. The molecule has 0 saturated heterocycles. The van der Waals surface area contributed by atoms with E-state index in [0.717, 1.165) is 25.2 Å². The van der Waals surface area contributed by atoms with E-state index in [1.54, 1.807) is 13.1 Å². The highest BCUT2D eigenvalue weighted by atomic mass is 16.3. The van der Waals surface area contributed by atoms with E-state index >= 15 is 0 Å². The van der Waals surface area contributed by atoms with E-state index in [1.807, 2.05) is 6.20 Å². The molecule has 0 bridgehead atoms. The topological polar surface area (TPSA) is 38.0 Å². The first kappa shape index (κ1) is 9.26. The van der Waals surface area contributed by atoms with Gasteiger partial charge >= 0.3 is 0 Å². The summed E-state index contributed by atoms with van der Waals surface area (Å²) in [6.45, 7) is 4.85. The Morgan fingerprint density at radius 3 is 3.00 bits per heavy atom. The Bertz CT molecular complexity index is 230. The number of hydrogen-bond donors (Lipinski definition) is 1. The average molecular weight is 168 g/mol. The van der Waals surface area contributed by atoms with Crippen LogP contribution in [0.25, 0.3) is 0 Å². The third-order valence-corrected chi connectivity index (χ3v) is 1.93. The van der Waals surface area contributed by atoms with Crippen molar-refractivity contribution in [1.29, 1.82) is 0 Å². The summed E-state index contributed by atoms with van der Waals surface area (Å²) in [5.41, 5.74) is 0. The van der Waals surface area contributed by atoms with Gasteiger partial charge in [0.2, 0.25) is 0 Å². The number of nitrogens with zero attached hydrogens (tertiary/aromatic N) is 2. The lowest BCUT2D eigenvalue weighted by atomic mass is 10.2. The summed E-state index contributed by atoms with van der Waals surface area (Å²) in [6, 6.07) is 0. The highest BCUT2D eigenvalue weighted by Gasteiger charge is 2.02. The van der Waals surface area contributed by atoms with E-state index in [1.165, 1.54) is 0 Å². The SMILES string of the molecule is CCn1ccnc1CC[C@H](C)O. The van der Waals surface area contributed by atoms with Crippen LogP contribution in [0.3, 0.4) is 0 Å². The van der Waals surface area contributed by atoms with Crippen LogP contribution in [0.5, 0.6) is 0 Å². The molecule has 0 saturated carbocycles. The highest BCUT2D eigenvalue weighted by Crippen LogP contribution is 2.03. The van der Waals surface area contributed by atoms with Gasteiger partial charge < -0.3 is 9.67 Å². The average Bonchev–Trinajstić information content (AvgIpc) is 2.47. The van der Waals surface area contributed by atoms with Gasteiger partial charge in [-0.2, -0.15) is 0 Å². The molecule has 1 aromatic heterocycles. The van der Waals surface area contributed by atoms with Crippen molar-refractivity contribution in [2.75, 3.05) is 0 Å². The fraction of sp³-hybridized carbons (Fsp3) is 0.667. The normalized spacial score (nSPS) is 13.2. The van der Waals surface area contributed by atoms with Gasteiger partial charge in [-0.3, -0.25) is 0 Å². The number of aliphatic hydroxyl groups is 1. The first-order chi connectivity index (χ1) is 5.74. The van der Waals surface area contributed by atoms with Gasteiger partial charge in [-0.05, 0) is 20.3 Å². The van der Waals surface area contributed by atoms with Crippen molar-refractivity contribution in [2.24, 2.45) is 0 Å². The fourth-order valence-corrected chi connectivity index (χ4v) is 1.19. The molecule has 1 heterocycles. The van der Waals surface area contributed by atoms with Crippen LogP contribution in [0.1, 0.15) is 26.1 Å². The lowest BCUT2D eigenvalue weighted by molar-refractivity contribution is 0.183. The van der Waals surface area contributed by atoms with Gasteiger partial charge in [-0.1, -0.05) is 0 Å². The maximum atomic E-state index is 9.08. The zero-order valence-corrected chi connectivity index (χ0v) is 7.70. The van der Waals surface area contributed by atoms with Crippen LogP contribution in [0.15, 0.2) is 12.4 Å². The number of aromatic nitrogens is 2. The minimum Gasteiger partial charge on any atom is -0.393 e. The highest BCUT2D eigenvalue weighted by molar-refractivity contribution is 4.92. The van der Waals surface area contributed by atoms with Gasteiger partial charge in [0.15, 0.2) is 0 Å².